The first kappa shape index (κ1) is 13.3. The van der Waals surface area contributed by atoms with Gasteiger partial charge in [0.1, 0.15) is 11.6 Å². The lowest BCUT2D eigenvalue weighted by Crippen LogP contribution is -2.23. The zero-order valence-corrected chi connectivity index (χ0v) is 11.8. The minimum absolute atomic E-state index is 0.164. The van der Waals surface area contributed by atoms with Crippen LogP contribution in [0.4, 0.5) is 4.39 Å². The Morgan fingerprint density at radius 3 is 2.85 bits per heavy atom. The average molecular weight is 273 g/mol. The van der Waals surface area contributed by atoms with Gasteiger partial charge in [-0.1, -0.05) is 12.1 Å². The Morgan fingerprint density at radius 1 is 1.35 bits per heavy atom. The molecule has 20 heavy (non-hydrogen) atoms. The summed E-state index contributed by atoms with van der Waals surface area (Å²) in [4.78, 5) is 10.2. The third kappa shape index (κ3) is 3.07. The quantitative estimate of drug-likeness (QED) is 0.929. The average Bonchev–Trinajstić information content (AvgIpc) is 3.07. The van der Waals surface area contributed by atoms with E-state index in [1.807, 2.05) is 25.3 Å². The fourth-order valence-corrected chi connectivity index (χ4v) is 2.84. The lowest BCUT2D eigenvalue weighted by Gasteiger charge is -2.15. The van der Waals surface area contributed by atoms with Crippen LogP contribution in [0.1, 0.15) is 29.4 Å². The molecule has 3 rings (SSSR count). The third-order valence-corrected chi connectivity index (χ3v) is 4.01. The van der Waals surface area contributed by atoms with Crippen molar-refractivity contribution in [3.05, 3.63) is 53.4 Å². The second kappa shape index (κ2) is 5.75. The van der Waals surface area contributed by atoms with Crippen molar-refractivity contribution in [3.8, 4) is 0 Å². The van der Waals surface area contributed by atoms with Crippen molar-refractivity contribution in [1.82, 2.24) is 14.9 Å². The number of rotatable bonds is 4. The molecule has 1 aromatic heterocycles. The number of nitrogens with one attached hydrogen (secondary N) is 1. The van der Waals surface area contributed by atoms with Gasteiger partial charge >= 0.3 is 0 Å². The molecule has 0 bridgehead atoms. The van der Waals surface area contributed by atoms with Crippen molar-refractivity contribution >= 4 is 0 Å². The highest BCUT2D eigenvalue weighted by Gasteiger charge is 2.25. The Hall–Kier alpha value is -1.68. The van der Waals surface area contributed by atoms with Gasteiger partial charge in [0.05, 0.1) is 0 Å². The number of aromatic amines is 1. The van der Waals surface area contributed by atoms with Crippen LogP contribution in [0.15, 0.2) is 30.5 Å². The van der Waals surface area contributed by atoms with E-state index in [-0.39, 0.29) is 5.82 Å². The smallest absolute Gasteiger partial charge is 0.123 e. The van der Waals surface area contributed by atoms with Crippen LogP contribution in [0.2, 0.25) is 0 Å². The third-order valence-electron chi connectivity index (χ3n) is 4.01. The van der Waals surface area contributed by atoms with Crippen LogP contribution in [0.3, 0.4) is 0 Å². The number of likely N-dealkylation sites (tertiary alicyclic amines) is 1. The van der Waals surface area contributed by atoms with Crippen LogP contribution < -0.4 is 0 Å². The van der Waals surface area contributed by atoms with E-state index >= 15 is 0 Å². The largest absolute Gasteiger partial charge is 0.346 e. The molecule has 0 aliphatic carbocycles. The summed E-state index contributed by atoms with van der Waals surface area (Å²) in [5.74, 6) is 1.48. The van der Waals surface area contributed by atoms with Gasteiger partial charge in [0.2, 0.25) is 0 Å². The molecule has 1 aliphatic heterocycles. The minimum Gasteiger partial charge on any atom is -0.346 e. The van der Waals surface area contributed by atoms with E-state index in [1.54, 1.807) is 0 Å². The van der Waals surface area contributed by atoms with Gasteiger partial charge in [0.15, 0.2) is 0 Å². The number of imidazole rings is 1. The molecule has 1 atom stereocenters. The van der Waals surface area contributed by atoms with Crippen molar-refractivity contribution in [2.24, 2.45) is 0 Å². The molecule has 0 saturated carbocycles. The van der Waals surface area contributed by atoms with Gasteiger partial charge in [-0.2, -0.15) is 0 Å². The summed E-state index contributed by atoms with van der Waals surface area (Å²) in [6.07, 6.45) is 4.04. The molecule has 1 aliphatic rings. The maximum absolute atomic E-state index is 12.8. The van der Waals surface area contributed by atoms with E-state index in [4.69, 9.17) is 0 Å². The van der Waals surface area contributed by atoms with E-state index in [0.717, 1.165) is 44.0 Å². The molecular weight excluding hydrogens is 253 g/mol. The SMILES string of the molecule is Cc1cnc([C@@H]2CCN(CCc3ccc(F)cc3)C2)[nH]1. The molecule has 1 N–H and O–H groups in total. The van der Waals surface area contributed by atoms with E-state index in [9.17, 15) is 4.39 Å². The molecule has 0 spiro atoms. The van der Waals surface area contributed by atoms with Gasteiger partial charge in [-0.25, -0.2) is 9.37 Å². The summed E-state index contributed by atoms with van der Waals surface area (Å²) in [6, 6.07) is 6.82. The first-order valence-electron chi connectivity index (χ1n) is 7.19. The summed E-state index contributed by atoms with van der Waals surface area (Å²) >= 11 is 0. The predicted molar refractivity (Wildman–Crippen MR) is 77.2 cm³/mol. The van der Waals surface area contributed by atoms with Gasteiger partial charge < -0.3 is 9.88 Å². The van der Waals surface area contributed by atoms with Crippen molar-refractivity contribution in [2.75, 3.05) is 19.6 Å². The normalized spacial score (nSPS) is 19.6. The number of halogens is 1. The molecule has 1 aromatic carbocycles. The highest BCUT2D eigenvalue weighted by molar-refractivity contribution is 5.16. The molecule has 0 unspecified atom stereocenters. The lowest BCUT2D eigenvalue weighted by molar-refractivity contribution is 0.338. The summed E-state index contributed by atoms with van der Waals surface area (Å²) in [7, 11) is 0. The molecule has 0 radical (unpaired) electrons. The van der Waals surface area contributed by atoms with E-state index in [2.05, 4.69) is 14.9 Å². The van der Waals surface area contributed by atoms with Crippen LogP contribution in [0, 0.1) is 12.7 Å². The summed E-state index contributed by atoms with van der Waals surface area (Å²) < 4.78 is 12.8. The van der Waals surface area contributed by atoms with Crippen LogP contribution in [-0.4, -0.2) is 34.5 Å². The second-order valence-electron chi connectivity index (χ2n) is 5.61. The first-order chi connectivity index (χ1) is 9.70. The predicted octanol–water partition coefficient (Wildman–Crippen LogP) is 2.89. The highest BCUT2D eigenvalue weighted by atomic mass is 19.1. The zero-order chi connectivity index (χ0) is 13.9. The standard InChI is InChI=1S/C16H20FN3/c1-12-10-18-16(19-12)14-7-9-20(11-14)8-6-13-2-4-15(17)5-3-13/h2-5,10,14H,6-9,11H2,1H3,(H,18,19)/t14-/m1/s1. The Kier molecular flexibility index (Phi) is 3.83. The summed E-state index contributed by atoms with van der Waals surface area (Å²) in [5.41, 5.74) is 2.33. The van der Waals surface area contributed by atoms with Crippen LogP contribution in [0.5, 0.6) is 0 Å². The van der Waals surface area contributed by atoms with E-state index < -0.39 is 0 Å². The lowest BCUT2D eigenvalue weighted by atomic mass is 10.1. The fourth-order valence-electron chi connectivity index (χ4n) is 2.84. The summed E-state index contributed by atoms with van der Waals surface area (Å²) in [6.45, 7) is 5.25. The molecule has 0 amide bonds. The zero-order valence-electron chi connectivity index (χ0n) is 11.8. The van der Waals surface area contributed by atoms with Crippen LogP contribution in [0.25, 0.3) is 0 Å². The molecule has 3 nitrogen and oxygen atoms in total. The number of nitrogens with zero attached hydrogens (tertiary/aromatic N) is 2. The Morgan fingerprint density at radius 2 is 2.15 bits per heavy atom. The Bertz CT molecular complexity index is 561. The number of hydrogen-bond acceptors (Lipinski definition) is 2. The van der Waals surface area contributed by atoms with Crippen molar-refractivity contribution in [1.29, 1.82) is 0 Å². The molecule has 1 saturated heterocycles. The maximum Gasteiger partial charge on any atom is 0.123 e. The molecule has 1 fully saturated rings. The van der Waals surface area contributed by atoms with Gasteiger partial charge in [0.25, 0.3) is 0 Å². The monoisotopic (exact) mass is 273 g/mol. The Labute approximate surface area is 118 Å². The van der Waals surface area contributed by atoms with Crippen molar-refractivity contribution < 1.29 is 4.39 Å². The highest BCUT2D eigenvalue weighted by Crippen LogP contribution is 2.25. The molecule has 2 heterocycles. The van der Waals surface area contributed by atoms with Gasteiger partial charge in [0, 0.05) is 30.9 Å². The number of aromatic nitrogens is 2. The summed E-state index contributed by atoms with van der Waals surface area (Å²) in [5, 5.41) is 0. The van der Waals surface area contributed by atoms with Gasteiger partial charge in [-0.05, 0) is 44.0 Å². The second-order valence-corrected chi connectivity index (χ2v) is 5.61. The molecular formula is C16H20FN3. The number of hydrogen-bond donors (Lipinski definition) is 1. The van der Waals surface area contributed by atoms with E-state index in [0.29, 0.717) is 5.92 Å². The van der Waals surface area contributed by atoms with Crippen LogP contribution >= 0.6 is 0 Å². The molecule has 106 valence electrons. The number of aryl methyl sites for hydroxylation is 1. The van der Waals surface area contributed by atoms with Gasteiger partial charge in [-0.3, -0.25) is 0 Å². The molecule has 2 aromatic rings. The molecule has 4 heteroatoms. The Balaban J connectivity index is 1.51. The maximum atomic E-state index is 12.8. The van der Waals surface area contributed by atoms with Crippen molar-refractivity contribution in [2.45, 2.75) is 25.7 Å². The van der Waals surface area contributed by atoms with Crippen LogP contribution in [-0.2, 0) is 6.42 Å². The number of H-pyrrole nitrogens is 1. The van der Waals surface area contributed by atoms with Crippen molar-refractivity contribution in [3.63, 3.8) is 0 Å². The topological polar surface area (TPSA) is 31.9 Å². The minimum atomic E-state index is -0.164. The van der Waals surface area contributed by atoms with E-state index in [1.165, 1.54) is 17.7 Å². The number of benzene rings is 1. The first-order valence-corrected chi connectivity index (χ1v) is 7.19. The fraction of sp³-hybridized carbons (Fsp3) is 0.438. The van der Waals surface area contributed by atoms with Gasteiger partial charge in [-0.15, -0.1) is 0 Å².